The van der Waals surface area contributed by atoms with E-state index in [1.807, 2.05) is 49.6 Å². The van der Waals surface area contributed by atoms with Gasteiger partial charge in [-0.1, -0.05) is 56.6 Å². The van der Waals surface area contributed by atoms with Crippen LogP contribution in [0.3, 0.4) is 0 Å². The van der Waals surface area contributed by atoms with Crippen LogP contribution in [-0.4, -0.2) is 25.6 Å². The van der Waals surface area contributed by atoms with Crippen LogP contribution in [0.4, 0.5) is 4.79 Å². The van der Waals surface area contributed by atoms with Gasteiger partial charge in [-0.2, -0.15) is 4.98 Å². The molecule has 0 bridgehead atoms. The number of carbonyl (C=O) groups is 1. The van der Waals surface area contributed by atoms with Crippen LogP contribution in [-0.2, 0) is 11.3 Å². The molecule has 0 aliphatic heterocycles. The van der Waals surface area contributed by atoms with Crippen molar-refractivity contribution in [2.45, 2.75) is 33.4 Å². The summed E-state index contributed by atoms with van der Waals surface area (Å²) in [5, 5.41) is 0.289. The number of hydrogen-bond acceptors (Lipinski definition) is 5. The third kappa shape index (κ3) is 4.31. The molecule has 0 radical (unpaired) electrons. The molecule has 0 saturated heterocycles. The first-order valence-corrected chi connectivity index (χ1v) is 8.99. The molecule has 1 atom stereocenters. The van der Waals surface area contributed by atoms with Gasteiger partial charge in [0.25, 0.3) is 0 Å². The Kier molecular flexibility index (Phi) is 5.26. The minimum absolute atomic E-state index is 0.0706. The first-order valence-electron chi connectivity index (χ1n) is 8.24. The number of hydrogen-bond donors (Lipinski definition) is 1. The van der Waals surface area contributed by atoms with E-state index in [9.17, 15) is 4.79 Å². The molecule has 1 unspecified atom stereocenters. The fraction of sp³-hybridized carbons (Fsp3) is 0.333. The second-order valence-electron chi connectivity index (χ2n) is 7.25. The topological polar surface area (TPSA) is 95.9 Å². The summed E-state index contributed by atoms with van der Waals surface area (Å²) in [5.41, 5.74) is 7.87. The van der Waals surface area contributed by atoms with Gasteiger partial charge in [-0.25, -0.2) is 14.8 Å². The molecule has 2 N–H and O–H groups in total. The van der Waals surface area contributed by atoms with Gasteiger partial charge in [-0.3, -0.25) is 0 Å². The largest absolute Gasteiger partial charge is 0.441 e. The van der Waals surface area contributed by atoms with Gasteiger partial charge in [-0.15, -0.1) is 0 Å². The molecule has 7 nitrogen and oxygen atoms in total. The first kappa shape index (κ1) is 19.4. The average Bonchev–Trinajstić information content (AvgIpc) is 2.95. The summed E-state index contributed by atoms with van der Waals surface area (Å²) in [6.07, 6.45) is 0.407. The lowest BCUT2D eigenvalue weighted by atomic mass is 9.84. The Morgan fingerprint density at radius 1 is 1.22 bits per heavy atom. The van der Waals surface area contributed by atoms with Crippen molar-refractivity contribution in [3.63, 3.8) is 0 Å². The Bertz CT molecular complexity index is 980. The Balaban J connectivity index is 1.87. The van der Waals surface area contributed by atoms with E-state index in [4.69, 9.17) is 33.7 Å². The number of fused-ring (bicyclic) bond motifs is 1. The van der Waals surface area contributed by atoms with Crippen molar-refractivity contribution >= 4 is 40.5 Å². The molecule has 142 valence electrons. The second-order valence-corrected chi connectivity index (χ2v) is 7.95. The Hall–Kier alpha value is -2.38. The molecule has 3 aromatic rings. The van der Waals surface area contributed by atoms with Crippen LogP contribution in [0.2, 0.25) is 10.4 Å². The van der Waals surface area contributed by atoms with E-state index in [0.717, 1.165) is 11.1 Å². The smallest absolute Gasteiger partial charge is 0.405 e. The van der Waals surface area contributed by atoms with E-state index in [0.29, 0.717) is 17.7 Å². The molecule has 0 fully saturated rings. The molecular weight excluding hydrogens is 389 g/mol. The number of nitrogens with two attached hydrogens (primary N) is 1. The van der Waals surface area contributed by atoms with Crippen LogP contribution in [0.5, 0.6) is 0 Å². The number of rotatable bonds is 4. The molecule has 1 amide bonds. The standard InChI is InChI=1S/C18H19Cl2N5O2/c1-18(2,3)13(27-17(21)26)11-6-4-10(5-7-11)8-25-9-22-12-14(19)23-16(20)24-15(12)25/h4-7,9,13H,8H2,1-3H3,(H2,21,26). The predicted molar refractivity (Wildman–Crippen MR) is 104 cm³/mol. The van der Waals surface area contributed by atoms with Gasteiger partial charge in [0, 0.05) is 5.41 Å². The van der Waals surface area contributed by atoms with Crippen LogP contribution in [0.25, 0.3) is 11.2 Å². The monoisotopic (exact) mass is 407 g/mol. The van der Waals surface area contributed by atoms with Gasteiger partial charge in [0.05, 0.1) is 12.9 Å². The number of aromatic nitrogens is 4. The molecule has 2 heterocycles. The summed E-state index contributed by atoms with van der Waals surface area (Å²) >= 11 is 12.0. The van der Waals surface area contributed by atoms with Gasteiger partial charge in [0.15, 0.2) is 10.8 Å². The highest BCUT2D eigenvalue weighted by Gasteiger charge is 2.29. The highest BCUT2D eigenvalue weighted by molar-refractivity contribution is 6.35. The van der Waals surface area contributed by atoms with Crippen LogP contribution in [0.1, 0.15) is 38.0 Å². The number of imidazole rings is 1. The minimum Gasteiger partial charge on any atom is -0.441 e. The maximum atomic E-state index is 11.2. The summed E-state index contributed by atoms with van der Waals surface area (Å²) in [7, 11) is 0. The van der Waals surface area contributed by atoms with Crippen molar-refractivity contribution in [3.8, 4) is 0 Å². The molecule has 3 rings (SSSR count). The molecule has 0 aliphatic carbocycles. The normalized spacial score (nSPS) is 12.9. The van der Waals surface area contributed by atoms with Crippen LogP contribution < -0.4 is 5.73 Å². The fourth-order valence-electron chi connectivity index (χ4n) is 2.86. The molecule has 0 spiro atoms. The van der Waals surface area contributed by atoms with Crippen molar-refractivity contribution in [2.75, 3.05) is 0 Å². The van der Waals surface area contributed by atoms with E-state index in [2.05, 4.69) is 15.0 Å². The van der Waals surface area contributed by atoms with Crippen LogP contribution in [0, 0.1) is 5.41 Å². The van der Waals surface area contributed by atoms with Gasteiger partial charge in [0.1, 0.15) is 11.6 Å². The van der Waals surface area contributed by atoms with E-state index in [1.165, 1.54) is 0 Å². The summed E-state index contributed by atoms with van der Waals surface area (Å²) < 4.78 is 7.15. The zero-order valence-corrected chi connectivity index (χ0v) is 16.6. The van der Waals surface area contributed by atoms with E-state index >= 15 is 0 Å². The molecule has 1 aromatic carbocycles. The molecular formula is C18H19Cl2N5O2. The van der Waals surface area contributed by atoms with Crippen molar-refractivity contribution in [2.24, 2.45) is 11.1 Å². The van der Waals surface area contributed by atoms with Crippen LogP contribution in [0.15, 0.2) is 30.6 Å². The highest BCUT2D eigenvalue weighted by Crippen LogP contribution is 2.36. The zero-order valence-electron chi connectivity index (χ0n) is 15.1. The minimum atomic E-state index is -0.794. The summed E-state index contributed by atoms with van der Waals surface area (Å²) in [6.45, 7) is 6.48. The summed E-state index contributed by atoms with van der Waals surface area (Å²) in [4.78, 5) is 23.6. The van der Waals surface area contributed by atoms with Crippen LogP contribution >= 0.6 is 23.2 Å². The van der Waals surface area contributed by atoms with Crippen molar-refractivity contribution in [1.29, 1.82) is 0 Å². The summed E-state index contributed by atoms with van der Waals surface area (Å²) in [6, 6.07) is 7.74. The lowest BCUT2D eigenvalue weighted by Crippen LogP contribution is -2.26. The van der Waals surface area contributed by atoms with E-state index in [-0.39, 0.29) is 15.9 Å². The average molecular weight is 408 g/mol. The maximum absolute atomic E-state index is 11.2. The molecule has 0 aliphatic rings. The number of ether oxygens (including phenoxy) is 1. The fourth-order valence-corrected chi connectivity index (χ4v) is 3.28. The van der Waals surface area contributed by atoms with Gasteiger partial charge in [0.2, 0.25) is 5.28 Å². The lowest BCUT2D eigenvalue weighted by molar-refractivity contribution is 0.0360. The van der Waals surface area contributed by atoms with Crippen molar-refractivity contribution in [3.05, 3.63) is 52.2 Å². The maximum Gasteiger partial charge on any atom is 0.405 e. The SMILES string of the molecule is CC(C)(C)C(OC(N)=O)c1ccc(Cn2cnc3c(Cl)nc(Cl)nc32)cc1. The Morgan fingerprint density at radius 3 is 2.48 bits per heavy atom. The number of halogens is 2. The van der Waals surface area contributed by atoms with E-state index < -0.39 is 12.2 Å². The zero-order chi connectivity index (χ0) is 19.8. The third-order valence-electron chi connectivity index (χ3n) is 4.05. The predicted octanol–water partition coefficient (Wildman–Crippen LogP) is 4.36. The molecule has 0 saturated carbocycles. The molecule has 27 heavy (non-hydrogen) atoms. The highest BCUT2D eigenvalue weighted by atomic mass is 35.5. The summed E-state index contributed by atoms with van der Waals surface area (Å²) in [5.74, 6) is 0. The molecule has 9 heteroatoms. The van der Waals surface area contributed by atoms with Gasteiger partial charge < -0.3 is 15.0 Å². The quantitative estimate of drug-likeness (QED) is 0.511. The molecule has 2 aromatic heterocycles. The number of benzene rings is 1. The first-order chi connectivity index (χ1) is 12.6. The Labute approximate surface area is 166 Å². The second kappa shape index (κ2) is 7.32. The third-order valence-corrected chi connectivity index (χ3v) is 4.48. The van der Waals surface area contributed by atoms with Crippen molar-refractivity contribution in [1.82, 2.24) is 19.5 Å². The number of amides is 1. The van der Waals surface area contributed by atoms with Gasteiger partial charge >= 0.3 is 6.09 Å². The number of nitrogens with zero attached hydrogens (tertiary/aromatic N) is 4. The van der Waals surface area contributed by atoms with Crippen molar-refractivity contribution < 1.29 is 9.53 Å². The lowest BCUT2D eigenvalue weighted by Gasteiger charge is -2.30. The Morgan fingerprint density at radius 2 is 1.89 bits per heavy atom. The van der Waals surface area contributed by atoms with Gasteiger partial charge in [-0.05, 0) is 22.7 Å². The number of carbonyl (C=O) groups excluding carboxylic acids is 1. The van der Waals surface area contributed by atoms with E-state index in [1.54, 1.807) is 6.33 Å². The number of primary amides is 1.